The van der Waals surface area contributed by atoms with E-state index in [-0.39, 0.29) is 23.5 Å². The maximum Gasteiger partial charge on any atom is 0.331 e. The summed E-state index contributed by atoms with van der Waals surface area (Å²) < 4.78 is 28.5. The number of carbonyl (C=O) groups is 2. The summed E-state index contributed by atoms with van der Waals surface area (Å²) >= 11 is 1.63. The monoisotopic (exact) mass is 411 g/mol. The molecule has 0 spiro atoms. The van der Waals surface area contributed by atoms with Crippen molar-refractivity contribution in [2.75, 3.05) is 24.3 Å². The number of rotatable bonds is 7. The van der Waals surface area contributed by atoms with Crippen molar-refractivity contribution in [2.24, 2.45) is 0 Å². The largest absolute Gasteiger partial charge is 0.449 e. The topological polar surface area (TPSA) is 80.8 Å². The molecule has 1 saturated heterocycles. The summed E-state index contributed by atoms with van der Waals surface area (Å²) in [4.78, 5) is 27.2. The summed E-state index contributed by atoms with van der Waals surface area (Å²) in [5.74, 6) is -0.919. The summed E-state index contributed by atoms with van der Waals surface area (Å²) in [6.07, 6.45) is 4.36. The molecule has 1 amide bonds. The Morgan fingerprint density at radius 3 is 2.52 bits per heavy atom. The quantitative estimate of drug-likeness (QED) is 0.389. The van der Waals surface area contributed by atoms with Crippen LogP contribution in [0.2, 0.25) is 0 Å². The Hall–Kier alpha value is -1.80. The normalized spacial score (nSPS) is 19.7. The van der Waals surface area contributed by atoms with Crippen LogP contribution in [-0.2, 0) is 24.2 Å². The van der Waals surface area contributed by atoms with Crippen LogP contribution in [0.1, 0.15) is 25.8 Å². The highest BCUT2D eigenvalue weighted by Crippen LogP contribution is 2.19. The summed E-state index contributed by atoms with van der Waals surface area (Å²) in [5, 5.41) is 0. The fourth-order valence-corrected chi connectivity index (χ4v) is 5.13. The van der Waals surface area contributed by atoms with E-state index >= 15 is 0 Å². The standard InChI is InChI=1S/C19H25NO5S2/c1-4-20(16-11-12-27(23,24)13-16)19(22)14(2)25-18(21)10-7-15-5-8-17(26-3)9-6-15/h5-10,14,16H,4,11-13H2,1-3H3/b10-7+/t14-,16-/m1/s1. The summed E-state index contributed by atoms with van der Waals surface area (Å²) in [5.41, 5.74) is 0.857. The molecule has 1 heterocycles. The van der Waals surface area contributed by atoms with E-state index in [9.17, 15) is 18.0 Å². The van der Waals surface area contributed by atoms with Crippen LogP contribution < -0.4 is 0 Å². The lowest BCUT2D eigenvalue weighted by Gasteiger charge is -2.29. The third kappa shape index (κ3) is 6.10. The Morgan fingerprint density at radius 2 is 2.00 bits per heavy atom. The molecule has 0 aromatic heterocycles. The van der Waals surface area contributed by atoms with E-state index in [1.54, 1.807) is 24.8 Å². The summed E-state index contributed by atoms with van der Waals surface area (Å²) in [7, 11) is -3.09. The van der Waals surface area contributed by atoms with Crippen LogP contribution in [0.3, 0.4) is 0 Å². The second-order valence-electron chi connectivity index (χ2n) is 6.37. The predicted octanol–water partition coefficient (Wildman–Crippen LogP) is 2.39. The van der Waals surface area contributed by atoms with Crippen LogP contribution in [0.4, 0.5) is 0 Å². The fourth-order valence-electron chi connectivity index (χ4n) is 2.99. The molecule has 1 aliphatic rings. The van der Waals surface area contributed by atoms with Crippen LogP contribution in [0, 0.1) is 0 Å². The minimum atomic E-state index is -3.09. The summed E-state index contributed by atoms with van der Waals surface area (Å²) in [6.45, 7) is 3.67. The van der Waals surface area contributed by atoms with Crippen molar-refractivity contribution in [1.82, 2.24) is 4.90 Å². The van der Waals surface area contributed by atoms with Crippen molar-refractivity contribution in [3.63, 3.8) is 0 Å². The minimum Gasteiger partial charge on any atom is -0.449 e. The van der Waals surface area contributed by atoms with Crippen molar-refractivity contribution in [1.29, 1.82) is 0 Å². The molecular weight excluding hydrogens is 386 g/mol. The lowest BCUT2D eigenvalue weighted by molar-refractivity contribution is -0.156. The summed E-state index contributed by atoms with van der Waals surface area (Å²) in [6, 6.07) is 7.35. The van der Waals surface area contributed by atoms with Crippen molar-refractivity contribution in [3.8, 4) is 0 Å². The molecule has 2 atom stereocenters. The Balaban J connectivity index is 1.93. The van der Waals surface area contributed by atoms with Gasteiger partial charge in [-0.05, 0) is 50.3 Å². The van der Waals surface area contributed by atoms with Gasteiger partial charge in [0.2, 0.25) is 0 Å². The highest BCUT2D eigenvalue weighted by atomic mass is 32.2. The molecule has 1 aromatic rings. The molecule has 0 aliphatic carbocycles. The van der Waals surface area contributed by atoms with Gasteiger partial charge in [0.05, 0.1) is 11.5 Å². The number of amides is 1. The number of sulfone groups is 1. The van der Waals surface area contributed by atoms with Gasteiger partial charge in [0.1, 0.15) is 0 Å². The van der Waals surface area contributed by atoms with Crippen molar-refractivity contribution < 1.29 is 22.7 Å². The van der Waals surface area contributed by atoms with Gasteiger partial charge in [0.15, 0.2) is 15.9 Å². The zero-order valence-electron chi connectivity index (χ0n) is 15.8. The number of carbonyl (C=O) groups excluding carboxylic acids is 2. The number of nitrogens with zero attached hydrogens (tertiary/aromatic N) is 1. The third-order valence-corrected chi connectivity index (χ3v) is 6.94. The first-order chi connectivity index (χ1) is 12.8. The molecule has 148 valence electrons. The molecule has 0 unspecified atom stereocenters. The number of benzene rings is 1. The van der Waals surface area contributed by atoms with Gasteiger partial charge >= 0.3 is 5.97 Å². The van der Waals surface area contributed by atoms with Gasteiger partial charge in [0, 0.05) is 23.6 Å². The van der Waals surface area contributed by atoms with E-state index in [1.165, 1.54) is 17.9 Å². The first-order valence-corrected chi connectivity index (χ1v) is 11.8. The Bertz CT molecular complexity index is 802. The number of likely N-dealkylation sites (N-methyl/N-ethyl adjacent to an activating group) is 1. The highest BCUT2D eigenvalue weighted by Gasteiger charge is 2.36. The van der Waals surface area contributed by atoms with Crippen molar-refractivity contribution in [2.45, 2.75) is 37.3 Å². The Morgan fingerprint density at radius 1 is 1.33 bits per heavy atom. The second kappa shape index (κ2) is 9.41. The second-order valence-corrected chi connectivity index (χ2v) is 9.48. The molecule has 0 saturated carbocycles. The molecule has 0 N–H and O–H groups in total. The van der Waals surface area contributed by atoms with E-state index in [1.807, 2.05) is 30.5 Å². The average Bonchev–Trinajstić information content (AvgIpc) is 3.00. The lowest BCUT2D eigenvalue weighted by Crippen LogP contribution is -2.46. The Labute approximate surface area is 164 Å². The minimum absolute atomic E-state index is 0.0286. The molecule has 27 heavy (non-hydrogen) atoms. The number of hydrogen-bond acceptors (Lipinski definition) is 6. The van der Waals surface area contributed by atoms with Crippen LogP contribution in [0.5, 0.6) is 0 Å². The van der Waals surface area contributed by atoms with Crippen molar-refractivity contribution in [3.05, 3.63) is 35.9 Å². The third-order valence-electron chi connectivity index (χ3n) is 4.44. The number of ether oxygens (including phenoxy) is 1. The predicted molar refractivity (Wildman–Crippen MR) is 107 cm³/mol. The SMILES string of the molecule is CCN(C(=O)[C@@H](C)OC(=O)/C=C/c1ccc(SC)cc1)[C@@H]1CCS(=O)(=O)C1. The zero-order chi connectivity index (χ0) is 20.0. The van der Waals surface area contributed by atoms with Crippen LogP contribution in [0.25, 0.3) is 6.08 Å². The van der Waals surface area contributed by atoms with E-state index in [0.717, 1.165) is 10.5 Å². The van der Waals surface area contributed by atoms with Gasteiger partial charge in [-0.2, -0.15) is 0 Å². The molecule has 1 aliphatic heterocycles. The zero-order valence-corrected chi connectivity index (χ0v) is 17.4. The van der Waals surface area contributed by atoms with Gasteiger partial charge in [-0.3, -0.25) is 4.79 Å². The van der Waals surface area contributed by atoms with Gasteiger partial charge < -0.3 is 9.64 Å². The van der Waals surface area contributed by atoms with E-state index in [4.69, 9.17) is 4.74 Å². The molecule has 2 rings (SSSR count). The average molecular weight is 412 g/mol. The molecule has 1 fully saturated rings. The first-order valence-electron chi connectivity index (χ1n) is 8.79. The van der Waals surface area contributed by atoms with E-state index in [2.05, 4.69) is 0 Å². The number of hydrogen-bond donors (Lipinski definition) is 0. The van der Waals surface area contributed by atoms with Crippen molar-refractivity contribution >= 4 is 39.6 Å². The number of thioether (sulfide) groups is 1. The van der Waals surface area contributed by atoms with Crippen LogP contribution in [0.15, 0.2) is 35.2 Å². The van der Waals surface area contributed by atoms with E-state index in [0.29, 0.717) is 13.0 Å². The molecule has 0 bridgehead atoms. The highest BCUT2D eigenvalue weighted by molar-refractivity contribution is 7.98. The molecule has 8 heteroatoms. The van der Waals surface area contributed by atoms with Gasteiger partial charge in [0.25, 0.3) is 5.91 Å². The van der Waals surface area contributed by atoms with Gasteiger partial charge in [-0.1, -0.05) is 12.1 Å². The maximum atomic E-state index is 12.6. The maximum absolute atomic E-state index is 12.6. The van der Waals surface area contributed by atoms with Gasteiger partial charge in [-0.25, -0.2) is 13.2 Å². The molecule has 6 nitrogen and oxygen atoms in total. The van der Waals surface area contributed by atoms with E-state index < -0.39 is 21.9 Å². The fraction of sp³-hybridized carbons (Fsp3) is 0.474. The number of esters is 1. The van der Waals surface area contributed by atoms with Crippen LogP contribution in [-0.4, -0.2) is 61.6 Å². The first kappa shape index (κ1) is 21.5. The van der Waals surface area contributed by atoms with Gasteiger partial charge in [-0.15, -0.1) is 11.8 Å². The molecule has 1 aromatic carbocycles. The Kier molecular flexibility index (Phi) is 7.49. The van der Waals surface area contributed by atoms with Crippen LogP contribution >= 0.6 is 11.8 Å². The smallest absolute Gasteiger partial charge is 0.331 e. The molecule has 0 radical (unpaired) electrons. The lowest BCUT2D eigenvalue weighted by atomic mass is 10.2. The molecular formula is C19H25NO5S2.